The molecule has 0 aromatic heterocycles. The van der Waals surface area contributed by atoms with Gasteiger partial charge in [0, 0.05) is 18.9 Å². The number of nitrogens with zero attached hydrogens (tertiary/aromatic N) is 1. The Morgan fingerprint density at radius 2 is 1.96 bits per heavy atom. The maximum Gasteiger partial charge on any atom is 0.262 e. The van der Waals surface area contributed by atoms with E-state index in [1.54, 1.807) is 12.1 Å². The summed E-state index contributed by atoms with van der Waals surface area (Å²) in [5.41, 5.74) is 0.641. The summed E-state index contributed by atoms with van der Waals surface area (Å²) in [7, 11) is 0. The number of imide groups is 2. The van der Waals surface area contributed by atoms with Crippen molar-refractivity contribution in [1.29, 1.82) is 0 Å². The lowest BCUT2D eigenvalue weighted by molar-refractivity contribution is -0.136. The third-order valence-electron chi connectivity index (χ3n) is 4.78. The SMILES string of the molecule is [2H][C@@]1(N2C(=O)c3cccc(CNC(=O)C4CC4)c3C2=O)CCC(=O)NC1=O. The van der Waals surface area contributed by atoms with Crippen LogP contribution < -0.4 is 10.6 Å². The molecule has 2 heterocycles. The summed E-state index contributed by atoms with van der Waals surface area (Å²) in [6, 6.07) is 2.50. The molecular weight excluding hydrogens is 338 g/mol. The van der Waals surface area contributed by atoms with Crippen LogP contribution >= 0.6 is 0 Å². The van der Waals surface area contributed by atoms with Gasteiger partial charge in [0.2, 0.25) is 17.7 Å². The second-order valence-corrected chi connectivity index (χ2v) is 6.60. The van der Waals surface area contributed by atoms with E-state index in [0.717, 1.165) is 12.8 Å². The molecule has 8 heteroatoms. The molecule has 1 saturated carbocycles. The molecular formula is C18H17N3O5. The van der Waals surface area contributed by atoms with Crippen molar-refractivity contribution in [1.82, 2.24) is 15.5 Å². The predicted octanol–water partition coefficient (Wildman–Crippen LogP) is 0.114. The fourth-order valence-electron chi connectivity index (χ4n) is 3.24. The molecule has 2 fully saturated rings. The van der Waals surface area contributed by atoms with Crippen LogP contribution in [0.3, 0.4) is 0 Å². The van der Waals surface area contributed by atoms with E-state index < -0.39 is 29.6 Å². The Kier molecular flexibility index (Phi) is 3.55. The number of piperidine rings is 1. The van der Waals surface area contributed by atoms with Gasteiger partial charge in [-0.05, 0) is 30.9 Å². The second-order valence-electron chi connectivity index (χ2n) is 6.60. The zero-order valence-corrected chi connectivity index (χ0v) is 13.8. The monoisotopic (exact) mass is 356 g/mol. The van der Waals surface area contributed by atoms with E-state index >= 15 is 0 Å². The fourth-order valence-corrected chi connectivity index (χ4v) is 3.24. The van der Waals surface area contributed by atoms with Crippen LogP contribution in [0.2, 0.25) is 0 Å². The number of amides is 5. The molecule has 0 bridgehead atoms. The van der Waals surface area contributed by atoms with Crippen LogP contribution in [0.15, 0.2) is 18.2 Å². The van der Waals surface area contributed by atoms with E-state index in [9.17, 15) is 24.0 Å². The predicted molar refractivity (Wildman–Crippen MR) is 87.7 cm³/mol. The molecule has 2 N–H and O–H groups in total. The first kappa shape index (κ1) is 15.2. The third-order valence-corrected chi connectivity index (χ3v) is 4.78. The minimum absolute atomic E-state index is 0.00979. The van der Waals surface area contributed by atoms with Crippen molar-refractivity contribution in [3.05, 3.63) is 34.9 Å². The van der Waals surface area contributed by atoms with Crippen LogP contribution in [0.25, 0.3) is 0 Å². The molecule has 0 unspecified atom stereocenters. The van der Waals surface area contributed by atoms with Gasteiger partial charge in [-0.1, -0.05) is 12.1 Å². The number of rotatable bonds is 4. The van der Waals surface area contributed by atoms with Gasteiger partial charge in [-0.2, -0.15) is 0 Å². The molecule has 1 aliphatic carbocycles. The van der Waals surface area contributed by atoms with Crippen molar-refractivity contribution in [3.8, 4) is 0 Å². The number of carbonyl (C=O) groups excluding carboxylic acids is 5. The van der Waals surface area contributed by atoms with Gasteiger partial charge >= 0.3 is 0 Å². The molecule has 1 aromatic carbocycles. The van der Waals surface area contributed by atoms with Crippen LogP contribution in [0, 0.1) is 5.92 Å². The van der Waals surface area contributed by atoms with Crippen molar-refractivity contribution in [3.63, 3.8) is 0 Å². The van der Waals surface area contributed by atoms with Gasteiger partial charge in [-0.15, -0.1) is 0 Å². The average molecular weight is 356 g/mol. The molecule has 4 rings (SSSR count). The van der Waals surface area contributed by atoms with E-state index in [2.05, 4.69) is 5.32 Å². The molecule has 134 valence electrons. The minimum Gasteiger partial charge on any atom is -0.352 e. The molecule has 0 spiro atoms. The highest BCUT2D eigenvalue weighted by atomic mass is 16.2. The standard InChI is InChI=1S/C18H17N3O5/c22-13-7-6-12(16(24)20-13)21-17(25)11-3-1-2-10(14(11)18(21)26)8-19-15(23)9-4-5-9/h1-3,9,12H,4-8H2,(H,19,23)(H,20,22,24)/t12-/m1/s1/i12D. The summed E-state index contributed by atoms with van der Waals surface area (Å²) in [5.74, 6) is -3.12. The van der Waals surface area contributed by atoms with Crippen LogP contribution in [-0.2, 0) is 20.9 Å². The Bertz CT molecular complexity index is 910. The zero-order chi connectivity index (χ0) is 19.3. The normalized spacial score (nSPS) is 25.7. The van der Waals surface area contributed by atoms with Crippen molar-refractivity contribution in [2.45, 2.75) is 38.2 Å². The van der Waals surface area contributed by atoms with E-state index in [1.807, 2.05) is 5.32 Å². The van der Waals surface area contributed by atoms with Gasteiger partial charge in [0.25, 0.3) is 11.8 Å². The van der Waals surface area contributed by atoms with E-state index in [0.29, 0.717) is 10.5 Å². The number of fused-ring (bicyclic) bond motifs is 1. The highest BCUT2D eigenvalue weighted by Gasteiger charge is 2.45. The lowest BCUT2D eigenvalue weighted by Gasteiger charge is -2.27. The molecule has 1 aromatic rings. The van der Waals surface area contributed by atoms with Crippen molar-refractivity contribution in [2.75, 3.05) is 0 Å². The van der Waals surface area contributed by atoms with Crippen molar-refractivity contribution >= 4 is 29.5 Å². The Morgan fingerprint density at radius 1 is 1.19 bits per heavy atom. The first-order valence-electron chi connectivity index (χ1n) is 8.95. The first-order valence-corrected chi connectivity index (χ1v) is 8.45. The average Bonchev–Trinajstić information content (AvgIpc) is 3.44. The lowest BCUT2D eigenvalue weighted by atomic mass is 10.0. The van der Waals surface area contributed by atoms with Gasteiger partial charge in [0.15, 0.2) is 0 Å². The van der Waals surface area contributed by atoms with Gasteiger partial charge in [0.1, 0.15) is 6.02 Å². The van der Waals surface area contributed by atoms with E-state index in [-0.39, 0.29) is 42.3 Å². The molecule has 5 amide bonds. The third kappa shape index (κ3) is 2.67. The van der Waals surface area contributed by atoms with Gasteiger partial charge < -0.3 is 5.32 Å². The Balaban J connectivity index is 1.64. The summed E-state index contributed by atoms with van der Waals surface area (Å²) >= 11 is 0. The molecule has 0 radical (unpaired) electrons. The Hall–Kier alpha value is -3.03. The summed E-state index contributed by atoms with van der Waals surface area (Å²) in [6.07, 6.45) is 1.31. The summed E-state index contributed by atoms with van der Waals surface area (Å²) in [6.45, 7) is 0.0844. The van der Waals surface area contributed by atoms with Gasteiger partial charge in [-0.25, -0.2) is 0 Å². The minimum atomic E-state index is -2.17. The van der Waals surface area contributed by atoms with E-state index in [1.165, 1.54) is 6.07 Å². The Labute approximate surface area is 150 Å². The summed E-state index contributed by atoms with van der Waals surface area (Å²) in [5, 5.41) is 4.77. The number of carbonyl (C=O) groups is 5. The smallest absolute Gasteiger partial charge is 0.262 e. The molecule has 1 atom stereocenters. The highest BCUT2D eigenvalue weighted by molar-refractivity contribution is 6.24. The van der Waals surface area contributed by atoms with Crippen LogP contribution in [0.1, 0.15) is 53.3 Å². The van der Waals surface area contributed by atoms with Gasteiger partial charge in [-0.3, -0.25) is 34.2 Å². The molecule has 1 saturated heterocycles. The lowest BCUT2D eigenvalue weighted by Crippen LogP contribution is -2.54. The van der Waals surface area contributed by atoms with Gasteiger partial charge in [0.05, 0.1) is 12.5 Å². The summed E-state index contributed by atoms with van der Waals surface area (Å²) in [4.78, 5) is 61.8. The second kappa shape index (κ2) is 6.05. The summed E-state index contributed by atoms with van der Waals surface area (Å²) < 4.78 is 8.41. The van der Waals surface area contributed by atoms with E-state index in [4.69, 9.17) is 1.37 Å². The molecule has 8 nitrogen and oxygen atoms in total. The maximum absolute atomic E-state index is 13.0. The molecule has 3 aliphatic rings. The van der Waals surface area contributed by atoms with Crippen molar-refractivity contribution in [2.24, 2.45) is 5.92 Å². The number of hydrogen-bond acceptors (Lipinski definition) is 5. The maximum atomic E-state index is 13.0. The number of hydrogen-bond donors (Lipinski definition) is 2. The Morgan fingerprint density at radius 3 is 2.65 bits per heavy atom. The first-order chi connectivity index (χ1) is 12.8. The quantitative estimate of drug-likeness (QED) is 0.744. The van der Waals surface area contributed by atoms with Crippen LogP contribution in [0.5, 0.6) is 0 Å². The molecule has 2 aliphatic heterocycles. The van der Waals surface area contributed by atoms with Crippen LogP contribution in [0.4, 0.5) is 0 Å². The zero-order valence-electron chi connectivity index (χ0n) is 14.8. The van der Waals surface area contributed by atoms with Crippen LogP contribution in [-0.4, -0.2) is 40.5 Å². The fraction of sp³-hybridized carbons (Fsp3) is 0.389. The number of benzene rings is 1. The van der Waals surface area contributed by atoms with Crippen molar-refractivity contribution < 1.29 is 25.3 Å². The topological polar surface area (TPSA) is 113 Å². The number of nitrogens with one attached hydrogen (secondary N) is 2. The highest BCUT2D eigenvalue weighted by Crippen LogP contribution is 2.31. The largest absolute Gasteiger partial charge is 0.352 e. The molecule has 26 heavy (non-hydrogen) atoms.